The van der Waals surface area contributed by atoms with Crippen molar-refractivity contribution in [2.45, 2.75) is 53.9 Å². The number of unbranched alkanes of at least 4 members (excludes halogenated alkanes) is 2. The van der Waals surface area contributed by atoms with E-state index in [1.54, 1.807) is 0 Å². The van der Waals surface area contributed by atoms with Crippen LogP contribution in [0.1, 0.15) is 53.9 Å². The lowest BCUT2D eigenvalue weighted by atomic mass is 10.2. The average molecular weight is 231 g/mol. The van der Waals surface area contributed by atoms with Gasteiger partial charge in [0.1, 0.15) is 6.61 Å². The molecule has 0 radical (unpaired) electrons. The van der Waals surface area contributed by atoms with Gasteiger partial charge in [0.25, 0.3) is 0 Å². The summed E-state index contributed by atoms with van der Waals surface area (Å²) in [5.41, 5.74) is 0. The molecular weight excluding hydrogens is 202 g/mol. The molecule has 0 saturated heterocycles. The minimum absolute atomic E-state index is 0.00162. The van der Waals surface area contributed by atoms with E-state index >= 15 is 0 Å². The summed E-state index contributed by atoms with van der Waals surface area (Å²) in [6.45, 7) is 11.9. The molecule has 0 unspecified atom stereocenters. The number of hydrogen-bond donors (Lipinski definition) is 1. The Morgan fingerprint density at radius 2 is 1.88 bits per heavy atom. The number of amides is 1. The van der Waals surface area contributed by atoms with E-state index in [2.05, 4.69) is 26.1 Å². The Hall–Kier alpha value is -0.570. The lowest BCUT2D eigenvalue weighted by Crippen LogP contribution is -2.29. The molecular formula is C13H29NO2. The second-order valence-electron chi connectivity index (χ2n) is 3.97. The van der Waals surface area contributed by atoms with Gasteiger partial charge in [-0.15, -0.1) is 0 Å². The first-order chi connectivity index (χ1) is 7.66. The molecule has 3 nitrogen and oxygen atoms in total. The van der Waals surface area contributed by atoms with Crippen LogP contribution in [-0.2, 0) is 9.53 Å². The van der Waals surface area contributed by atoms with Gasteiger partial charge in [0.05, 0.1) is 0 Å². The standard InChI is InChI=1S/C11H23NO2.C2H6/c1-4-5-6-7-12-11(13)9-14-8-10(2)3;1-2/h10H,4-9H2,1-3H3,(H,12,13);1-2H3. The molecule has 0 aliphatic rings. The molecule has 0 aromatic rings. The Balaban J connectivity index is 0. The van der Waals surface area contributed by atoms with E-state index in [0.29, 0.717) is 12.5 Å². The fourth-order valence-corrected chi connectivity index (χ4v) is 1.04. The molecule has 0 heterocycles. The van der Waals surface area contributed by atoms with Crippen molar-refractivity contribution in [1.29, 1.82) is 0 Å². The second-order valence-corrected chi connectivity index (χ2v) is 3.97. The minimum atomic E-state index is 0.00162. The summed E-state index contributed by atoms with van der Waals surface area (Å²) in [5.74, 6) is 0.490. The summed E-state index contributed by atoms with van der Waals surface area (Å²) in [7, 11) is 0. The number of carbonyl (C=O) groups excluding carboxylic acids is 1. The number of nitrogens with one attached hydrogen (secondary N) is 1. The van der Waals surface area contributed by atoms with Crippen molar-refractivity contribution in [3.8, 4) is 0 Å². The highest BCUT2D eigenvalue weighted by atomic mass is 16.5. The van der Waals surface area contributed by atoms with Crippen molar-refractivity contribution >= 4 is 5.91 Å². The number of ether oxygens (including phenoxy) is 1. The molecule has 0 saturated carbocycles. The lowest BCUT2D eigenvalue weighted by Gasteiger charge is -2.07. The topological polar surface area (TPSA) is 38.3 Å². The van der Waals surface area contributed by atoms with Gasteiger partial charge < -0.3 is 10.1 Å². The lowest BCUT2D eigenvalue weighted by molar-refractivity contribution is -0.126. The highest BCUT2D eigenvalue weighted by molar-refractivity contribution is 5.77. The first kappa shape index (κ1) is 17.8. The van der Waals surface area contributed by atoms with Gasteiger partial charge in [-0.25, -0.2) is 0 Å². The third-order valence-corrected chi connectivity index (χ3v) is 1.79. The van der Waals surface area contributed by atoms with E-state index in [9.17, 15) is 4.79 Å². The zero-order valence-corrected chi connectivity index (χ0v) is 11.6. The van der Waals surface area contributed by atoms with Crippen LogP contribution in [0, 0.1) is 5.92 Å². The van der Waals surface area contributed by atoms with E-state index < -0.39 is 0 Å². The number of rotatable bonds is 8. The molecule has 0 fully saturated rings. The van der Waals surface area contributed by atoms with Gasteiger partial charge in [0.2, 0.25) is 5.91 Å². The zero-order chi connectivity index (χ0) is 12.8. The molecule has 0 aliphatic heterocycles. The average Bonchev–Trinajstić information content (AvgIpc) is 2.27. The van der Waals surface area contributed by atoms with Gasteiger partial charge in [-0.3, -0.25) is 4.79 Å². The summed E-state index contributed by atoms with van der Waals surface area (Å²) in [6.07, 6.45) is 3.42. The molecule has 3 heteroatoms. The fourth-order valence-electron chi connectivity index (χ4n) is 1.04. The molecule has 1 amide bonds. The third-order valence-electron chi connectivity index (χ3n) is 1.79. The van der Waals surface area contributed by atoms with Gasteiger partial charge in [-0.05, 0) is 12.3 Å². The van der Waals surface area contributed by atoms with E-state index in [1.807, 2.05) is 13.8 Å². The fraction of sp³-hybridized carbons (Fsp3) is 0.923. The molecule has 98 valence electrons. The molecule has 0 aromatic heterocycles. The monoisotopic (exact) mass is 231 g/mol. The van der Waals surface area contributed by atoms with Crippen molar-refractivity contribution < 1.29 is 9.53 Å². The Kier molecular flexibility index (Phi) is 16.1. The van der Waals surface area contributed by atoms with Crippen LogP contribution in [-0.4, -0.2) is 25.7 Å². The van der Waals surface area contributed by atoms with Crippen LogP contribution in [0.25, 0.3) is 0 Å². The van der Waals surface area contributed by atoms with Crippen LogP contribution < -0.4 is 5.32 Å². The van der Waals surface area contributed by atoms with Crippen LogP contribution >= 0.6 is 0 Å². The molecule has 0 atom stereocenters. The highest BCUT2D eigenvalue weighted by Crippen LogP contribution is 1.93. The summed E-state index contributed by atoms with van der Waals surface area (Å²) in [6, 6.07) is 0. The van der Waals surface area contributed by atoms with Crippen LogP contribution in [0.15, 0.2) is 0 Å². The number of hydrogen-bond acceptors (Lipinski definition) is 2. The molecule has 0 bridgehead atoms. The maximum Gasteiger partial charge on any atom is 0.245 e. The van der Waals surface area contributed by atoms with Crippen molar-refractivity contribution in [2.24, 2.45) is 5.92 Å². The third kappa shape index (κ3) is 15.9. The van der Waals surface area contributed by atoms with Crippen LogP contribution in [0.4, 0.5) is 0 Å². The van der Waals surface area contributed by atoms with Gasteiger partial charge in [0.15, 0.2) is 0 Å². The summed E-state index contributed by atoms with van der Waals surface area (Å²) >= 11 is 0. The maximum absolute atomic E-state index is 11.2. The van der Waals surface area contributed by atoms with Crippen LogP contribution in [0.5, 0.6) is 0 Å². The first-order valence-electron chi connectivity index (χ1n) is 6.51. The number of carbonyl (C=O) groups is 1. The SMILES string of the molecule is CC.CCCCCNC(=O)COCC(C)C. The molecule has 0 aromatic carbocycles. The quantitative estimate of drug-likeness (QED) is 0.652. The van der Waals surface area contributed by atoms with E-state index in [0.717, 1.165) is 13.0 Å². The zero-order valence-electron chi connectivity index (χ0n) is 11.6. The molecule has 16 heavy (non-hydrogen) atoms. The molecule has 0 rings (SSSR count). The van der Waals surface area contributed by atoms with Crippen LogP contribution in [0.3, 0.4) is 0 Å². The molecule has 1 N–H and O–H groups in total. The predicted octanol–water partition coefficient (Wildman–Crippen LogP) is 2.99. The van der Waals surface area contributed by atoms with Crippen molar-refractivity contribution in [3.63, 3.8) is 0 Å². The van der Waals surface area contributed by atoms with E-state index in [-0.39, 0.29) is 12.5 Å². The van der Waals surface area contributed by atoms with Crippen molar-refractivity contribution in [2.75, 3.05) is 19.8 Å². The minimum Gasteiger partial charge on any atom is -0.371 e. The predicted molar refractivity (Wildman–Crippen MR) is 69.5 cm³/mol. The van der Waals surface area contributed by atoms with Gasteiger partial charge in [-0.1, -0.05) is 47.5 Å². The van der Waals surface area contributed by atoms with Gasteiger partial charge in [-0.2, -0.15) is 0 Å². The van der Waals surface area contributed by atoms with Gasteiger partial charge >= 0.3 is 0 Å². The normalized spacial score (nSPS) is 9.62. The highest BCUT2D eigenvalue weighted by Gasteiger charge is 2.00. The Morgan fingerprint density at radius 1 is 1.25 bits per heavy atom. The smallest absolute Gasteiger partial charge is 0.245 e. The van der Waals surface area contributed by atoms with Crippen molar-refractivity contribution in [1.82, 2.24) is 5.32 Å². The summed E-state index contributed by atoms with van der Waals surface area (Å²) in [4.78, 5) is 11.2. The Morgan fingerprint density at radius 3 is 2.38 bits per heavy atom. The van der Waals surface area contributed by atoms with E-state index in [4.69, 9.17) is 4.74 Å². The van der Waals surface area contributed by atoms with Crippen molar-refractivity contribution in [3.05, 3.63) is 0 Å². The van der Waals surface area contributed by atoms with Crippen LogP contribution in [0.2, 0.25) is 0 Å². The second kappa shape index (κ2) is 14.4. The molecule has 0 spiro atoms. The van der Waals surface area contributed by atoms with Gasteiger partial charge in [0, 0.05) is 13.2 Å². The Bertz CT molecular complexity index is 147. The maximum atomic E-state index is 11.2. The summed E-state index contributed by atoms with van der Waals surface area (Å²) in [5, 5.41) is 2.83. The Labute approximate surface area is 101 Å². The summed E-state index contributed by atoms with van der Waals surface area (Å²) < 4.78 is 5.20. The van der Waals surface area contributed by atoms with E-state index in [1.165, 1.54) is 12.8 Å². The largest absolute Gasteiger partial charge is 0.371 e. The molecule has 0 aliphatic carbocycles. The first-order valence-corrected chi connectivity index (χ1v) is 6.51.